The van der Waals surface area contributed by atoms with E-state index in [4.69, 9.17) is 4.74 Å². The molecule has 5 heteroatoms. The highest BCUT2D eigenvalue weighted by molar-refractivity contribution is 7.10. The molecule has 0 aromatic carbocycles. The third-order valence-electron chi connectivity index (χ3n) is 2.70. The minimum atomic E-state index is 0.297. The molecule has 2 aromatic rings. The number of thiazole rings is 1. The molecule has 0 saturated carbocycles. The molecular formula is C13H18N2OS2. The van der Waals surface area contributed by atoms with E-state index in [1.54, 1.807) is 29.8 Å². The minimum absolute atomic E-state index is 0.297. The van der Waals surface area contributed by atoms with Gasteiger partial charge >= 0.3 is 0 Å². The predicted octanol–water partition coefficient (Wildman–Crippen LogP) is 3.50. The van der Waals surface area contributed by atoms with Crippen molar-refractivity contribution >= 4 is 22.7 Å². The van der Waals surface area contributed by atoms with Crippen molar-refractivity contribution in [3.63, 3.8) is 0 Å². The number of nitrogens with one attached hydrogen (secondary N) is 1. The lowest BCUT2D eigenvalue weighted by Gasteiger charge is -2.17. The molecule has 0 spiro atoms. The van der Waals surface area contributed by atoms with Crippen molar-refractivity contribution in [3.05, 3.63) is 32.9 Å². The van der Waals surface area contributed by atoms with Crippen molar-refractivity contribution in [2.45, 2.75) is 25.8 Å². The molecule has 1 N–H and O–H groups in total. The number of aromatic nitrogens is 1. The summed E-state index contributed by atoms with van der Waals surface area (Å²) in [5, 5.41) is 8.85. The first-order chi connectivity index (χ1) is 8.85. The summed E-state index contributed by atoms with van der Waals surface area (Å²) in [6.07, 6.45) is 3.92. The summed E-state index contributed by atoms with van der Waals surface area (Å²) in [5.41, 5.74) is 0. The Bertz CT molecular complexity index is 453. The highest BCUT2D eigenvalue weighted by Gasteiger charge is 2.18. The highest BCUT2D eigenvalue weighted by Crippen LogP contribution is 2.33. The molecular weight excluding hydrogens is 264 g/mol. The molecule has 0 bridgehead atoms. The Kier molecular flexibility index (Phi) is 5.16. The van der Waals surface area contributed by atoms with Crippen LogP contribution >= 0.6 is 22.7 Å². The average Bonchev–Trinajstić information content (AvgIpc) is 3.04. The number of nitrogens with zero attached hydrogens (tertiary/aromatic N) is 1. The summed E-state index contributed by atoms with van der Waals surface area (Å²) in [6.45, 7) is 3.19. The quantitative estimate of drug-likeness (QED) is 0.844. The number of hydrogen-bond acceptors (Lipinski definition) is 5. The molecule has 0 radical (unpaired) electrons. The van der Waals surface area contributed by atoms with Gasteiger partial charge in [0.1, 0.15) is 5.75 Å². The van der Waals surface area contributed by atoms with Crippen LogP contribution in [0.3, 0.4) is 0 Å². The van der Waals surface area contributed by atoms with Crippen molar-refractivity contribution in [1.82, 2.24) is 10.3 Å². The van der Waals surface area contributed by atoms with Crippen LogP contribution in [0.2, 0.25) is 0 Å². The molecule has 0 aliphatic rings. The van der Waals surface area contributed by atoms with E-state index in [0.717, 1.165) is 25.1 Å². The van der Waals surface area contributed by atoms with Gasteiger partial charge in [-0.15, -0.1) is 22.7 Å². The van der Waals surface area contributed by atoms with Gasteiger partial charge in [0.2, 0.25) is 0 Å². The van der Waals surface area contributed by atoms with Crippen LogP contribution in [-0.4, -0.2) is 18.6 Å². The lowest BCUT2D eigenvalue weighted by Crippen LogP contribution is -2.23. The van der Waals surface area contributed by atoms with Crippen LogP contribution in [0.25, 0.3) is 0 Å². The third kappa shape index (κ3) is 3.31. The highest BCUT2D eigenvalue weighted by atomic mass is 32.1. The molecule has 18 heavy (non-hydrogen) atoms. The summed E-state index contributed by atoms with van der Waals surface area (Å²) >= 11 is 3.45. The largest absolute Gasteiger partial charge is 0.496 e. The fourth-order valence-electron chi connectivity index (χ4n) is 1.84. The standard InChI is InChI=1S/C13H18N2OS2/c1-3-5-14-10(9-12-15-6-8-17-12)13-11(16-2)4-7-18-13/h4,6-8,10,14H,3,5,9H2,1-2H3. The lowest BCUT2D eigenvalue weighted by atomic mass is 10.1. The lowest BCUT2D eigenvalue weighted by molar-refractivity contribution is 0.402. The van der Waals surface area contributed by atoms with E-state index in [0.29, 0.717) is 6.04 Å². The topological polar surface area (TPSA) is 34.2 Å². The zero-order chi connectivity index (χ0) is 12.8. The maximum atomic E-state index is 5.42. The van der Waals surface area contributed by atoms with E-state index in [1.807, 2.05) is 17.6 Å². The van der Waals surface area contributed by atoms with E-state index < -0.39 is 0 Å². The summed E-state index contributed by atoms with van der Waals surface area (Å²) < 4.78 is 5.42. The van der Waals surface area contributed by atoms with Crippen LogP contribution in [0.15, 0.2) is 23.0 Å². The van der Waals surface area contributed by atoms with Crippen LogP contribution in [-0.2, 0) is 6.42 Å². The predicted molar refractivity (Wildman–Crippen MR) is 77.7 cm³/mol. The van der Waals surface area contributed by atoms with E-state index in [9.17, 15) is 0 Å². The van der Waals surface area contributed by atoms with Crippen LogP contribution in [0, 0.1) is 0 Å². The number of thiophene rings is 1. The maximum Gasteiger partial charge on any atom is 0.134 e. The second-order valence-corrected chi connectivity index (χ2v) is 5.92. The molecule has 0 amide bonds. The normalized spacial score (nSPS) is 12.6. The smallest absolute Gasteiger partial charge is 0.134 e. The second-order valence-electron chi connectivity index (χ2n) is 3.99. The average molecular weight is 282 g/mol. The minimum Gasteiger partial charge on any atom is -0.496 e. The number of rotatable bonds is 7. The van der Waals surface area contributed by atoms with Crippen LogP contribution in [0.5, 0.6) is 5.75 Å². The first kappa shape index (κ1) is 13.5. The summed E-state index contributed by atoms with van der Waals surface area (Å²) in [4.78, 5) is 5.64. The van der Waals surface area contributed by atoms with Crippen molar-refractivity contribution < 1.29 is 4.74 Å². The van der Waals surface area contributed by atoms with Crippen LogP contribution in [0.4, 0.5) is 0 Å². The van der Waals surface area contributed by atoms with Crippen molar-refractivity contribution in [3.8, 4) is 5.75 Å². The van der Waals surface area contributed by atoms with Crippen molar-refractivity contribution in [2.75, 3.05) is 13.7 Å². The molecule has 0 aliphatic carbocycles. The van der Waals surface area contributed by atoms with Gasteiger partial charge in [0.15, 0.2) is 0 Å². The van der Waals surface area contributed by atoms with Gasteiger partial charge in [-0.3, -0.25) is 0 Å². The van der Waals surface area contributed by atoms with Gasteiger partial charge in [-0.1, -0.05) is 6.92 Å². The Labute approximate surface area is 116 Å². The van der Waals surface area contributed by atoms with E-state index >= 15 is 0 Å². The molecule has 2 aromatic heterocycles. The molecule has 1 atom stereocenters. The second kappa shape index (κ2) is 6.87. The van der Waals surface area contributed by atoms with Gasteiger partial charge in [0, 0.05) is 18.0 Å². The third-order valence-corrected chi connectivity index (χ3v) is 4.51. The van der Waals surface area contributed by atoms with Crippen molar-refractivity contribution in [2.24, 2.45) is 0 Å². The first-order valence-electron chi connectivity index (χ1n) is 6.08. The molecule has 0 fully saturated rings. The fourth-order valence-corrected chi connectivity index (χ4v) is 3.44. The molecule has 1 unspecified atom stereocenters. The molecule has 2 heterocycles. The zero-order valence-electron chi connectivity index (χ0n) is 10.7. The summed E-state index contributed by atoms with van der Waals surface area (Å²) in [7, 11) is 1.73. The Hall–Kier alpha value is -0.910. The zero-order valence-corrected chi connectivity index (χ0v) is 12.3. The molecule has 3 nitrogen and oxygen atoms in total. The van der Waals surface area contributed by atoms with Gasteiger partial charge < -0.3 is 10.1 Å². The van der Waals surface area contributed by atoms with Gasteiger partial charge in [0.05, 0.1) is 23.0 Å². The van der Waals surface area contributed by atoms with Crippen LogP contribution in [0.1, 0.15) is 29.3 Å². The van der Waals surface area contributed by atoms with Gasteiger partial charge in [-0.05, 0) is 24.4 Å². The Balaban J connectivity index is 2.14. The van der Waals surface area contributed by atoms with E-state index in [1.165, 1.54) is 9.88 Å². The molecule has 0 aliphatic heterocycles. The van der Waals surface area contributed by atoms with Gasteiger partial charge in [-0.25, -0.2) is 4.98 Å². The van der Waals surface area contributed by atoms with Crippen molar-refractivity contribution in [1.29, 1.82) is 0 Å². The molecule has 98 valence electrons. The summed E-state index contributed by atoms with van der Waals surface area (Å²) in [6, 6.07) is 2.33. The first-order valence-corrected chi connectivity index (χ1v) is 7.84. The molecule has 2 rings (SSSR count). The van der Waals surface area contributed by atoms with E-state index in [2.05, 4.69) is 22.6 Å². The molecule has 0 saturated heterocycles. The van der Waals surface area contributed by atoms with Crippen LogP contribution < -0.4 is 10.1 Å². The fraction of sp³-hybridized carbons (Fsp3) is 0.462. The monoisotopic (exact) mass is 282 g/mol. The number of methoxy groups -OCH3 is 1. The number of ether oxygens (including phenoxy) is 1. The summed E-state index contributed by atoms with van der Waals surface area (Å²) in [5.74, 6) is 0.977. The van der Waals surface area contributed by atoms with Gasteiger partial charge in [0.25, 0.3) is 0 Å². The maximum absolute atomic E-state index is 5.42. The number of hydrogen-bond donors (Lipinski definition) is 1. The Morgan fingerprint density at radius 3 is 2.94 bits per heavy atom. The Morgan fingerprint density at radius 1 is 1.39 bits per heavy atom. The SMILES string of the molecule is CCCNC(Cc1nccs1)c1sccc1OC. The van der Waals surface area contributed by atoms with E-state index in [-0.39, 0.29) is 0 Å². The van der Waals surface area contributed by atoms with Gasteiger partial charge in [-0.2, -0.15) is 0 Å². The Morgan fingerprint density at radius 2 is 2.28 bits per heavy atom.